The highest BCUT2D eigenvalue weighted by molar-refractivity contribution is 5.33. The van der Waals surface area contributed by atoms with E-state index in [1.165, 1.54) is 12.1 Å². The van der Waals surface area contributed by atoms with E-state index < -0.39 is 5.60 Å². The van der Waals surface area contributed by atoms with Crippen molar-refractivity contribution in [2.45, 2.75) is 25.4 Å². The highest BCUT2D eigenvalue weighted by Gasteiger charge is 2.46. The zero-order chi connectivity index (χ0) is 12.0. The largest absolute Gasteiger partial charge is 0.385 e. The van der Waals surface area contributed by atoms with Crippen LogP contribution >= 0.6 is 0 Å². The molecule has 0 radical (unpaired) electrons. The van der Waals surface area contributed by atoms with Crippen molar-refractivity contribution in [3.8, 4) is 0 Å². The summed E-state index contributed by atoms with van der Waals surface area (Å²) in [5.41, 5.74) is 1.04. The maximum atomic E-state index is 13.1. The number of fused-ring (bicyclic) bond motifs is 2. The van der Waals surface area contributed by atoms with Crippen molar-refractivity contribution in [1.82, 2.24) is 4.90 Å². The van der Waals surface area contributed by atoms with Crippen LogP contribution in [0.1, 0.15) is 24.0 Å². The molecule has 17 heavy (non-hydrogen) atoms. The molecule has 2 aliphatic rings. The molecule has 0 saturated carbocycles. The second-order valence-corrected chi connectivity index (χ2v) is 5.42. The number of rotatable bonds is 1. The fraction of sp³-hybridized carbons (Fsp3) is 0.571. The Morgan fingerprint density at radius 3 is 3.00 bits per heavy atom. The first-order chi connectivity index (χ1) is 8.09. The standard InChI is InChI=1S/C14H18FNO/c1-10-8-12(15)2-3-13(10)14(17)5-7-16-6-4-11(14)9-16/h2-3,8,11,17H,4-7,9H2,1H3. The van der Waals surface area contributed by atoms with Crippen LogP contribution in [0.4, 0.5) is 4.39 Å². The van der Waals surface area contributed by atoms with Crippen LogP contribution in [0.3, 0.4) is 0 Å². The Balaban J connectivity index is 2.01. The van der Waals surface area contributed by atoms with E-state index in [-0.39, 0.29) is 5.82 Å². The van der Waals surface area contributed by atoms with Crippen LogP contribution in [0.25, 0.3) is 0 Å². The first kappa shape index (κ1) is 11.2. The Hall–Kier alpha value is -0.930. The predicted octanol–water partition coefficient (Wildman–Crippen LogP) is 2.05. The van der Waals surface area contributed by atoms with E-state index in [4.69, 9.17) is 0 Å². The minimum atomic E-state index is -0.745. The third-order valence-electron chi connectivity index (χ3n) is 4.41. The Morgan fingerprint density at radius 1 is 1.41 bits per heavy atom. The second kappa shape index (κ2) is 3.79. The van der Waals surface area contributed by atoms with Crippen LogP contribution in [0, 0.1) is 18.7 Å². The zero-order valence-corrected chi connectivity index (χ0v) is 10.1. The summed E-state index contributed by atoms with van der Waals surface area (Å²) in [6.45, 7) is 4.90. The summed E-state index contributed by atoms with van der Waals surface area (Å²) in [7, 11) is 0. The van der Waals surface area contributed by atoms with Crippen molar-refractivity contribution < 1.29 is 9.50 Å². The fourth-order valence-corrected chi connectivity index (χ4v) is 3.43. The molecular weight excluding hydrogens is 217 g/mol. The molecule has 2 saturated heterocycles. The molecule has 1 aromatic rings. The van der Waals surface area contributed by atoms with Crippen LogP contribution in [0.5, 0.6) is 0 Å². The maximum Gasteiger partial charge on any atom is 0.123 e. The summed E-state index contributed by atoms with van der Waals surface area (Å²) in [6, 6.07) is 4.74. The molecule has 1 aromatic carbocycles. The highest BCUT2D eigenvalue weighted by atomic mass is 19.1. The van der Waals surface area contributed by atoms with Gasteiger partial charge in [-0.1, -0.05) is 6.07 Å². The molecule has 0 aromatic heterocycles. The third-order valence-corrected chi connectivity index (χ3v) is 4.41. The summed E-state index contributed by atoms with van der Waals surface area (Å²) in [6.07, 6.45) is 1.82. The van der Waals surface area contributed by atoms with Gasteiger partial charge in [0.25, 0.3) is 0 Å². The molecule has 2 bridgehead atoms. The molecule has 2 heterocycles. The maximum absolute atomic E-state index is 13.1. The average molecular weight is 235 g/mol. The van der Waals surface area contributed by atoms with Crippen LogP contribution in [0.15, 0.2) is 18.2 Å². The molecule has 0 amide bonds. The number of hydrogen-bond donors (Lipinski definition) is 1. The van der Waals surface area contributed by atoms with Crippen molar-refractivity contribution in [2.24, 2.45) is 5.92 Å². The van der Waals surface area contributed by atoms with Crippen molar-refractivity contribution in [2.75, 3.05) is 19.6 Å². The predicted molar refractivity (Wildman–Crippen MR) is 64.2 cm³/mol. The molecule has 2 fully saturated rings. The van der Waals surface area contributed by atoms with Gasteiger partial charge in [-0.25, -0.2) is 4.39 Å². The van der Waals surface area contributed by atoms with Gasteiger partial charge in [-0.2, -0.15) is 0 Å². The Morgan fingerprint density at radius 2 is 2.24 bits per heavy atom. The second-order valence-electron chi connectivity index (χ2n) is 5.42. The molecule has 1 N–H and O–H groups in total. The van der Waals surface area contributed by atoms with Gasteiger partial charge in [-0.05, 0) is 49.6 Å². The zero-order valence-electron chi connectivity index (χ0n) is 10.1. The summed E-state index contributed by atoms with van der Waals surface area (Å²) < 4.78 is 13.1. The van der Waals surface area contributed by atoms with E-state index >= 15 is 0 Å². The smallest absolute Gasteiger partial charge is 0.123 e. The molecule has 0 spiro atoms. The van der Waals surface area contributed by atoms with E-state index in [1.807, 2.05) is 6.92 Å². The van der Waals surface area contributed by atoms with E-state index in [0.717, 1.165) is 43.6 Å². The molecular formula is C14H18FNO. The van der Waals surface area contributed by atoms with Gasteiger partial charge in [0.05, 0.1) is 5.60 Å². The molecule has 2 nitrogen and oxygen atoms in total. The number of benzene rings is 1. The molecule has 3 atom stereocenters. The number of aliphatic hydroxyl groups is 1. The van der Waals surface area contributed by atoms with Crippen molar-refractivity contribution in [3.05, 3.63) is 35.1 Å². The fourth-order valence-electron chi connectivity index (χ4n) is 3.43. The number of piperidine rings is 1. The lowest BCUT2D eigenvalue weighted by Crippen LogP contribution is -2.44. The lowest BCUT2D eigenvalue weighted by Gasteiger charge is -2.40. The molecule has 3 rings (SSSR count). The summed E-state index contributed by atoms with van der Waals surface area (Å²) in [4.78, 5) is 2.40. The van der Waals surface area contributed by atoms with Gasteiger partial charge < -0.3 is 10.0 Å². The Bertz CT molecular complexity index is 448. The minimum Gasteiger partial charge on any atom is -0.385 e. The van der Waals surface area contributed by atoms with Crippen LogP contribution < -0.4 is 0 Å². The molecule has 3 heteroatoms. The molecule has 2 aliphatic heterocycles. The SMILES string of the molecule is Cc1cc(F)ccc1C1(O)CCN2CCC1C2. The van der Waals surface area contributed by atoms with Gasteiger partial charge in [0.15, 0.2) is 0 Å². The Kier molecular flexibility index (Phi) is 2.49. The van der Waals surface area contributed by atoms with Crippen LogP contribution in [-0.2, 0) is 5.60 Å². The number of nitrogens with zero attached hydrogens (tertiary/aromatic N) is 1. The third kappa shape index (κ3) is 1.69. The van der Waals surface area contributed by atoms with Crippen LogP contribution in [0.2, 0.25) is 0 Å². The van der Waals surface area contributed by atoms with Crippen LogP contribution in [-0.4, -0.2) is 29.6 Å². The van der Waals surface area contributed by atoms with Crippen molar-refractivity contribution in [1.29, 1.82) is 0 Å². The first-order valence-electron chi connectivity index (χ1n) is 6.31. The van der Waals surface area contributed by atoms with Crippen molar-refractivity contribution >= 4 is 0 Å². The normalized spacial score (nSPS) is 36.2. The number of hydrogen-bond acceptors (Lipinski definition) is 2. The van der Waals surface area contributed by atoms with Gasteiger partial charge in [0.1, 0.15) is 5.82 Å². The van der Waals surface area contributed by atoms with E-state index in [2.05, 4.69) is 4.90 Å². The lowest BCUT2D eigenvalue weighted by atomic mass is 9.75. The van der Waals surface area contributed by atoms with Gasteiger partial charge in [0, 0.05) is 19.0 Å². The molecule has 0 aliphatic carbocycles. The monoisotopic (exact) mass is 235 g/mol. The quantitative estimate of drug-likeness (QED) is 0.805. The first-order valence-corrected chi connectivity index (χ1v) is 6.31. The topological polar surface area (TPSA) is 23.5 Å². The van der Waals surface area contributed by atoms with Gasteiger partial charge in [-0.15, -0.1) is 0 Å². The number of halogens is 1. The summed E-state index contributed by atoms with van der Waals surface area (Å²) >= 11 is 0. The van der Waals surface area contributed by atoms with E-state index in [9.17, 15) is 9.50 Å². The summed E-state index contributed by atoms with van der Waals surface area (Å²) in [5, 5.41) is 11.0. The molecule has 3 unspecified atom stereocenters. The molecule has 92 valence electrons. The summed E-state index contributed by atoms with van der Waals surface area (Å²) in [5.74, 6) is 0.0825. The minimum absolute atomic E-state index is 0.223. The highest BCUT2D eigenvalue weighted by Crippen LogP contribution is 2.43. The Labute approximate surface area is 101 Å². The van der Waals surface area contributed by atoms with Crippen molar-refractivity contribution in [3.63, 3.8) is 0 Å². The average Bonchev–Trinajstić information content (AvgIpc) is 2.69. The van der Waals surface area contributed by atoms with E-state index in [1.54, 1.807) is 6.07 Å². The van der Waals surface area contributed by atoms with Gasteiger partial charge in [0.2, 0.25) is 0 Å². The van der Waals surface area contributed by atoms with Gasteiger partial charge in [-0.3, -0.25) is 0 Å². The van der Waals surface area contributed by atoms with Gasteiger partial charge >= 0.3 is 0 Å². The lowest BCUT2D eigenvalue weighted by molar-refractivity contribution is -0.0507. The number of aryl methyl sites for hydroxylation is 1. The van der Waals surface area contributed by atoms with E-state index in [0.29, 0.717) is 5.92 Å².